The minimum atomic E-state index is -2.82. The maximum atomic E-state index is 12.3. The number of carbonyl (C=O) groups is 2. The molecule has 1 unspecified atom stereocenters. The zero-order chi connectivity index (χ0) is 20.2. The molecule has 1 fully saturated rings. The molecule has 0 radical (unpaired) electrons. The third kappa shape index (κ3) is 5.01. The smallest absolute Gasteiger partial charge is 0.364 e. The van der Waals surface area contributed by atoms with Gasteiger partial charge in [-0.05, 0) is 5.56 Å². The summed E-state index contributed by atoms with van der Waals surface area (Å²) in [5.41, 5.74) is 0.677. The highest BCUT2D eigenvalue weighted by Gasteiger charge is 2.53. The van der Waals surface area contributed by atoms with Crippen LogP contribution in [0.4, 0.5) is 0 Å². The van der Waals surface area contributed by atoms with Crippen molar-refractivity contribution in [2.45, 2.75) is 49.1 Å². The molecule has 0 bridgehead atoms. The summed E-state index contributed by atoms with van der Waals surface area (Å²) in [7, 11) is 0. The molecule has 6 atom stereocenters. The van der Waals surface area contributed by atoms with Crippen molar-refractivity contribution >= 4 is 11.9 Å². The van der Waals surface area contributed by atoms with Crippen LogP contribution in [0.3, 0.4) is 0 Å². The number of aliphatic hydroxyl groups excluding tert-OH is 4. The number of rotatable bonds is 7. The molecule has 1 heterocycles. The van der Waals surface area contributed by atoms with Crippen molar-refractivity contribution in [1.82, 2.24) is 5.32 Å². The van der Waals surface area contributed by atoms with Gasteiger partial charge in [0.2, 0.25) is 5.91 Å². The van der Waals surface area contributed by atoms with Crippen molar-refractivity contribution in [3.05, 3.63) is 35.9 Å². The van der Waals surface area contributed by atoms with E-state index in [0.717, 1.165) is 0 Å². The van der Waals surface area contributed by atoms with Gasteiger partial charge in [0.25, 0.3) is 5.79 Å². The average molecular weight is 385 g/mol. The molecule has 0 spiro atoms. The second-order valence-corrected chi connectivity index (χ2v) is 6.44. The van der Waals surface area contributed by atoms with Crippen LogP contribution in [-0.4, -0.2) is 85.4 Å². The quantitative estimate of drug-likeness (QED) is 0.264. The van der Waals surface area contributed by atoms with Gasteiger partial charge < -0.3 is 40.7 Å². The van der Waals surface area contributed by atoms with Crippen molar-refractivity contribution in [1.29, 1.82) is 0 Å². The molecule has 0 aliphatic carbocycles. The Kier molecular flexibility index (Phi) is 6.87. The van der Waals surface area contributed by atoms with Gasteiger partial charge in [0, 0.05) is 6.42 Å². The molecule has 0 aromatic heterocycles. The Balaban J connectivity index is 2.19. The van der Waals surface area contributed by atoms with E-state index in [9.17, 15) is 30.0 Å². The lowest BCUT2D eigenvalue weighted by Gasteiger charge is -2.44. The van der Waals surface area contributed by atoms with Gasteiger partial charge in [-0.25, -0.2) is 4.79 Å². The first-order valence-electron chi connectivity index (χ1n) is 8.30. The third-order valence-corrected chi connectivity index (χ3v) is 4.37. The van der Waals surface area contributed by atoms with Crippen LogP contribution < -0.4 is 5.32 Å². The van der Waals surface area contributed by atoms with Crippen LogP contribution in [0.2, 0.25) is 0 Å². The maximum Gasteiger partial charge on any atom is 0.364 e. The molecule has 1 amide bonds. The number of carboxylic acid groups (broad SMARTS) is 1. The second kappa shape index (κ2) is 8.74. The lowest BCUT2D eigenvalue weighted by atomic mass is 9.88. The Bertz CT molecular complexity index is 655. The highest BCUT2D eigenvalue weighted by atomic mass is 16.7. The molecule has 1 saturated heterocycles. The first kappa shape index (κ1) is 21.2. The monoisotopic (exact) mass is 385 g/mol. The molecular weight excluding hydrogens is 362 g/mol. The second-order valence-electron chi connectivity index (χ2n) is 6.44. The van der Waals surface area contributed by atoms with Gasteiger partial charge in [-0.1, -0.05) is 30.3 Å². The number of carbonyl (C=O) groups excluding carboxylic acids is 1. The number of aliphatic carboxylic acids is 1. The normalized spacial score (nSPS) is 30.3. The van der Waals surface area contributed by atoms with Crippen molar-refractivity contribution in [3.63, 3.8) is 0 Å². The molecule has 10 heteroatoms. The Morgan fingerprint density at radius 2 is 1.89 bits per heavy atom. The number of benzene rings is 1. The van der Waals surface area contributed by atoms with E-state index in [1.54, 1.807) is 30.3 Å². The van der Waals surface area contributed by atoms with Crippen LogP contribution in [0.15, 0.2) is 30.3 Å². The zero-order valence-corrected chi connectivity index (χ0v) is 14.3. The van der Waals surface area contributed by atoms with Gasteiger partial charge in [-0.2, -0.15) is 0 Å². The number of nitrogens with one attached hydrogen (secondary N) is 1. The summed E-state index contributed by atoms with van der Waals surface area (Å²) in [5.74, 6) is -5.17. The fourth-order valence-electron chi connectivity index (χ4n) is 2.92. The minimum absolute atomic E-state index is 0.0569. The lowest BCUT2D eigenvalue weighted by molar-refractivity contribution is -0.295. The minimum Gasteiger partial charge on any atom is -0.477 e. The fourth-order valence-corrected chi connectivity index (χ4v) is 2.92. The molecular formula is C17H23NO9. The Morgan fingerprint density at radius 3 is 2.44 bits per heavy atom. The number of aliphatic hydroxyl groups is 5. The summed E-state index contributed by atoms with van der Waals surface area (Å²) in [6, 6.07) is 7.33. The summed E-state index contributed by atoms with van der Waals surface area (Å²) in [5, 5.41) is 60.7. The van der Waals surface area contributed by atoms with Gasteiger partial charge in [0.1, 0.15) is 18.3 Å². The van der Waals surface area contributed by atoms with Crippen molar-refractivity contribution in [2.24, 2.45) is 0 Å². The first-order valence-corrected chi connectivity index (χ1v) is 8.30. The molecule has 1 aliphatic heterocycles. The van der Waals surface area contributed by atoms with E-state index in [0.29, 0.717) is 5.56 Å². The number of amides is 1. The van der Waals surface area contributed by atoms with E-state index in [1.165, 1.54) is 0 Å². The number of hydrogen-bond donors (Lipinski definition) is 7. The van der Waals surface area contributed by atoms with E-state index in [-0.39, 0.29) is 6.42 Å². The topological polar surface area (TPSA) is 177 Å². The van der Waals surface area contributed by atoms with E-state index < -0.39 is 61.1 Å². The van der Waals surface area contributed by atoms with Crippen LogP contribution in [0, 0.1) is 0 Å². The van der Waals surface area contributed by atoms with Crippen LogP contribution in [0.25, 0.3) is 0 Å². The Hall–Kier alpha value is -2.08. The third-order valence-electron chi connectivity index (χ3n) is 4.37. The van der Waals surface area contributed by atoms with Crippen LogP contribution in [-0.2, 0) is 20.7 Å². The summed E-state index contributed by atoms with van der Waals surface area (Å²) in [4.78, 5) is 23.5. The SMILES string of the molecule is O=C(Cc1ccccc1)N[C@H]1C([C@H](O)[C@H](O)CO)O[C@@](O)(C(=O)O)C[C@H]1O. The van der Waals surface area contributed by atoms with Crippen molar-refractivity contribution < 1.29 is 45.0 Å². The van der Waals surface area contributed by atoms with Gasteiger partial charge in [0.15, 0.2) is 0 Å². The lowest BCUT2D eigenvalue weighted by Crippen LogP contribution is -2.67. The largest absolute Gasteiger partial charge is 0.477 e. The summed E-state index contributed by atoms with van der Waals surface area (Å²) in [6.07, 6.45) is -7.72. The van der Waals surface area contributed by atoms with E-state index in [1.807, 2.05) is 0 Å². The highest BCUT2D eigenvalue weighted by molar-refractivity contribution is 5.79. The molecule has 1 aliphatic rings. The fraction of sp³-hybridized carbons (Fsp3) is 0.529. The molecule has 150 valence electrons. The molecule has 2 rings (SSSR count). The van der Waals surface area contributed by atoms with Crippen molar-refractivity contribution in [3.8, 4) is 0 Å². The number of ether oxygens (including phenoxy) is 1. The average Bonchev–Trinajstić information content (AvgIpc) is 2.63. The molecule has 0 saturated carbocycles. The van der Waals surface area contributed by atoms with Crippen LogP contribution in [0.5, 0.6) is 0 Å². The summed E-state index contributed by atoms with van der Waals surface area (Å²) in [6.45, 7) is -0.882. The number of carboxylic acids is 1. The standard InChI is InChI=1S/C17H23NO9/c19-8-11(21)14(23)15-13(10(20)7-17(26,27-15)16(24)25)18-12(22)6-9-4-2-1-3-5-9/h1-5,10-11,13-15,19-21,23,26H,6-8H2,(H,18,22)(H,24,25)/t10-,11-,13-,14-,15?,17-/m1/s1. The van der Waals surface area contributed by atoms with Gasteiger partial charge in [0.05, 0.1) is 25.2 Å². The van der Waals surface area contributed by atoms with Crippen LogP contribution >= 0.6 is 0 Å². The van der Waals surface area contributed by atoms with Gasteiger partial charge in [-0.15, -0.1) is 0 Å². The van der Waals surface area contributed by atoms with Crippen molar-refractivity contribution in [2.75, 3.05) is 6.61 Å². The Labute approximate surface area is 154 Å². The predicted molar refractivity (Wildman–Crippen MR) is 89.3 cm³/mol. The Morgan fingerprint density at radius 1 is 1.26 bits per heavy atom. The molecule has 7 N–H and O–H groups in total. The van der Waals surface area contributed by atoms with Crippen LogP contribution in [0.1, 0.15) is 12.0 Å². The summed E-state index contributed by atoms with van der Waals surface area (Å²) >= 11 is 0. The zero-order valence-electron chi connectivity index (χ0n) is 14.3. The van der Waals surface area contributed by atoms with Gasteiger partial charge in [-0.3, -0.25) is 4.79 Å². The van der Waals surface area contributed by atoms with E-state index >= 15 is 0 Å². The van der Waals surface area contributed by atoms with E-state index in [2.05, 4.69) is 5.32 Å². The number of hydrogen-bond acceptors (Lipinski definition) is 8. The highest BCUT2D eigenvalue weighted by Crippen LogP contribution is 2.30. The summed E-state index contributed by atoms with van der Waals surface area (Å²) < 4.78 is 5.01. The predicted octanol–water partition coefficient (Wildman–Crippen LogP) is -2.65. The first-order chi connectivity index (χ1) is 12.7. The maximum absolute atomic E-state index is 12.3. The molecule has 10 nitrogen and oxygen atoms in total. The molecule has 1 aromatic carbocycles. The molecule has 27 heavy (non-hydrogen) atoms. The van der Waals surface area contributed by atoms with E-state index in [4.69, 9.17) is 14.9 Å². The molecule has 1 aromatic rings. The van der Waals surface area contributed by atoms with Gasteiger partial charge >= 0.3 is 5.97 Å².